The summed E-state index contributed by atoms with van der Waals surface area (Å²) in [5, 5.41) is 4.12. The highest BCUT2D eigenvalue weighted by molar-refractivity contribution is 6.14. The average Bonchev–Trinajstić information content (AvgIpc) is 2.79. The molecule has 2 atom stereocenters. The van der Waals surface area contributed by atoms with Gasteiger partial charge in [-0.2, -0.15) is 10.0 Å². The van der Waals surface area contributed by atoms with Crippen LogP contribution in [0.4, 0.5) is 14.4 Å². The fourth-order valence-corrected chi connectivity index (χ4v) is 3.36. The fraction of sp³-hybridized carbons (Fsp3) is 0.667. The number of amides is 4. The molecular weight excluding hydrogens is 352 g/mol. The van der Waals surface area contributed by atoms with Gasteiger partial charge in [0.2, 0.25) is 0 Å². The Labute approximate surface area is 158 Å². The average molecular weight is 378 g/mol. The molecule has 3 aliphatic rings. The Bertz CT molecular complexity index is 744. The van der Waals surface area contributed by atoms with E-state index in [0.29, 0.717) is 24.3 Å². The minimum atomic E-state index is -0.774. The minimum Gasteiger partial charge on any atom is -0.444 e. The van der Waals surface area contributed by atoms with Gasteiger partial charge >= 0.3 is 18.2 Å². The first-order valence-electron chi connectivity index (χ1n) is 9.01. The first-order chi connectivity index (χ1) is 12.4. The highest BCUT2D eigenvalue weighted by Gasteiger charge is 2.49. The number of carbonyl (C=O) groups is 3. The summed E-state index contributed by atoms with van der Waals surface area (Å²) in [6, 6.07) is -1.31. The number of hydrogen-bond acceptors (Lipinski definition) is 6. The zero-order valence-corrected chi connectivity index (χ0v) is 16.5. The molecule has 9 heteroatoms. The SMILES string of the molecule is CC(C)(C)OC(=O)N1C(=O)NN=C2C1=C[C@H]1CC[C@@H]2N1C(=O)OC(C)(C)C. The number of hydrogen-bond donors (Lipinski definition) is 1. The van der Waals surface area contributed by atoms with Crippen LogP contribution in [-0.4, -0.2) is 57.0 Å². The van der Waals surface area contributed by atoms with Gasteiger partial charge in [-0.05, 0) is 60.5 Å². The number of hydrazone groups is 1. The van der Waals surface area contributed by atoms with Gasteiger partial charge in [0, 0.05) is 0 Å². The van der Waals surface area contributed by atoms with Gasteiger partial charge in [0.15, 0.2) is 0 Å². The van der Waals surface area contributed by atoms with Crippen LogP contribution in [0.25, 0.3) is 0 Å². The number of urea groups is 1. The largest absolute Gasteiger partial charge is 0.444 e. The molecule has 4 amide bonds. The molecule has 3 aliphatic heterocycles. The smallest absolute Gasteiger partial charge is 0.423 e. The second kappa shape index (κ2) is 6.24. The summed E-state index contributed by atoms with van der Waals surface area (Å²) in [5.41, 5.74) is 1.81. The van der Waals surface area contributed by atoms with Crippen LogP contribution in [0.1, 0.15) is 54.4 Å². The number of ether oxygens (including phenoxy) is 2. The molecule has 0 saturated carbocycles. The van der Waals surface area contributed by atoms with Gasteiger partial charge in [0.05, 0.1) is 17.8 Å². The maximum Gasteiger partial charge on any atom is 0.423 e. The maximum atomic E-state index is 12.6. The summed E-state index contributed by atoms with van der Waals surface area (Å²) < 4.78 is 10.9. The Hall–Kier alpha value is -2.58. The van der Waals surface area contributed by atoms with Crippen LogP contribution < -0.4 is 5.43 Å². The molecule has 0 radical (unpaired) electrons. The number of rotatable bonds is 0. The van der Waals surface area contributed by atoms with E-state index in [1.807, 2.05) is 0 Å². The lowest BCUT2D eigenvalue weighted by Crippen LogP contribution is -2.57. The van der Waals surface area contributed by atoms with Crippen molar-refractivity contribution in [3.8, 4) is 0 Å². The molecule has 2 bridgehead atoms. The molecule has 0 aromatic rings. The molecule has 148 valence electrons. The Morgan fingerprint density at radius 1 is 1.07 bits per heavy atom. The Morgan fingerprint density at radius 2 is 1.67 bits per heavy atom. The summed E-state index contributed by atoms with van der Waals surface area (Å²) in [6.45, 7) is 10.6. The van der Waals surface area contributed by atoms with Gasteiger partial charge in [0.1, 0.15) is 16.9 Å². The molecule has 1 N–H and O–H groups in total. The van der Waals surface area contributed by atoms with E-state index in [9.17, 15) is 14.4 Å². The van der Waals surface area contributed by atoms with Crippen LogP contribution in [0.2, 0.25) is 0 Å². The molecule has 3 heterocycles. The van der Waals surface area contributed by atoms with Crippen LogP contribution in [-0.2, 0) is 9.47 Å². The number of nitrogens with one attached hydrogen (secondary N) is 1. The van der Waals surface area contributed by atoms with Crippen molar-refractivity contribution in [2.75, 3.05) is 0 Å². The van der Waals surface area contributed by atoms with Crippen molar-refractivity contribution in [2.45, 2.75) is 77.7 Å². The van der Waals surface area contributed by atoms with E-state index in [4.69, 9.17) is 9.47 Å². The van der Waals surface area contributed by atoms with Crippen molar-refractivity contribution < 1.29 is 23.9 Å². The van der Waals surface area contributed by atoms with Gasteiger partial charge in [-0.25, -0.2) is 19.8 Å². The highest BCUT2D eigenvalue weighted by Crippen LogP contribution is 2.37. The molecule has 1 fully saturated rings. The van der Waals surface area contributed by atoms with E-state index in [1.54, 1.807) is 52.5 Å². The van der Waals surface area contributed by atoms with Crippen molar-refractivity contribution in [1.82, 2.24) is 15.2 Å². The number of nitrogens with zero attached hydrogens (tertiary/aromatic N) is 3. The summed E-state index contributed by atoms with van der Waals surface area (Å²) in [7, 11) is 0. The first-order valence-corrected chi connectivity index (χ1v) is 9.01. The van der Waals surface area contributed by atoms with E-state index in [2.05, 4.69) is 10.5 Å². The number of imide groups is 1. The predicted octanol–water partition coefficient (Wildman–Crippen LogP) is 2.97. The molecule has 9 nitrogen and oxygen atoms in total. The molecule has 0 aromatic carbocycles. The maximum absolute atomic E-state index is 12.6. The van der Waals surface area contributed by atoms with Gasteiger partial charge in [-0.3, -0.25) is 4.90 Å². The van der Waals surface area contributed by atoms with Gasteiger partial charge in [-0.15, -0.1) is 0 Å². The Kier molecular flexibility index (Phi) is 4.44. The molecule has 0 unspecified atom stereocenters. The molecule has 3 rings (SSSR count). The summed E-state index contributed by atoms with van der Waals surface area (Å²) in [4.78, 5) is 40.0. The van der Waals surface area contributed by atoms with E-state index in [1.165, 1.54) is 0 Å². The second-order valence-electron chi connectivity index (χ2n) is 8.83. The normalized spacial score (nSPS) is 24.6. The molecule has 0 aliphatic carbocycles. The Morgan fingerprint density at radius 3 is 2.26 bits per heavy atom. The topological polar surface area (TPSA) is 101 Å². The third-order valence-corrected chi connectivity index (χ3v) is 4.25. The lowest BCUT2D eigenvalue weighted by atomic mass is 10.0. The fourth-order valence-electron chi connectivity index (χ4n) is 3.36. The van der Waals surface area contributed by atoms with Gasteiger partial charge < -0.3 is 9.47 Å². The molecular formula is C18H26N4O5. The lowest BCUT2D eigenvalue weighted by Gasteiger charge is -2.39. The van der Waals surface area contributed by atoms with Gasteiger partial charge in [0.25, 0.3) is 0 Å². The van der Waals surface area contributed by atoms with Crippen LogP contribution in [0, 0.1) is 0 Å². The summed E-state index contributed by atoms with van der Waals surface area (Å²) >= 11 is 0. The quantitative estimate of drug-likeness (QED) is 0.698. The molecule has 0 spiro atoms. The highest BCUT2D eigenvalue weighted by atomic mass is 16.6. The van der Waals surface area contributed by atoms with Crippen molar-refractivity contribution in [3.63, 3.8) is 0 Å². The van der Waals surface area contributed by atoms with Crippen LogP contribution in [0.15, 0.2) is 16.9 Å². The summed E-state index contributed by atoms with van der Waals surface area (Å²) in [5.74, 6) is 0. The zero-order chi connectivity index (χ0) is 20.1. The molecule has 27 heavy (non-hydrogen) atoms. The van der Waals surface area contributed by atoms with Crippen LogP contribution >= 0.6 is 0 Å². The van der Waals surface area contributed by atoms with E-state index in [-0.39, 0.29) is 12.1 Å². The van der Waals surface area contributed by atoms with Crippen molar-refractivity contribution in [1.29, 1.82) is 0 Å². The van der Waals surface area contributed by atoms with Crippen molar-refractivity contribution in [2.24, 2.45) is 5.10 Å². The minimum absolute atomic E-state index is 0.269. The third kappa shape index (κ3) is 3.77. The van der Waals surface area contributed by atoms with E-state index >= 15 is 0 Å². The third-order valence-electron chi connectivity index (χ3n) is 4.25. The molecule has 1 saturated heterocycles. The van der Waals surface area contributed by atoms with Gasteiger partial charge in [-0.1, -0.05) is 0 Å². The lowest BCUT2D eigenvalue weighted by molar-refractivity contribution is 0.0213. The number of fused-ring (bicyclic) bond motifs is 4. The second-order valence-corrected chi connectivity index (χ2v) is 8.83. The van der Waals surface area contributed by atoms with Crippen molar-refractivity contribution >= 4 is 23.9 Å². The monoisotopic (exact) mass is 378 g/mol. The van der Waals surface area contributed by atoms with Crippen LogP contribution in [0.3, 0.4) is 0 Å². The standard InChI is InChI=1S/C18H26N4O5/c1-17(2,3)26-15(24)21-10-7-8-11(21)13-12(9-10)22(14(23)20-19-13)16(25)27-18(4,5)6/h9-11H,7-8H2,1-6H3,(H,20,23)/t10-,11+/m1/s1. The predicted molar refractivity (Wildman–Crippen MR) is 97.0 cm³/mol. The van der Waals surface area contributed by atoms with E-state index < -0.39 is 29.4 Å². The van der Waals surface area contributed by atoms with E-state index in [0.717, 1.165) is 4.90 Å². The first kappa shape index (κ1) is 19.2. The summed E-state index contributed by atoms with van der Waals surface area (Å²) in [6.07, 6.45) is 1.87. The van der Waals surface area contributed by atoms with Crippen molar-refractivity contribution in [3.05, 3.63) is 11.8 Å². The molecule has 0 aromatic heterocycles. The number of carbonyl (C=O) groups excluding carboxylic acids is 3. The zero-order valence-electron chi connectivity index (χ0n) is 16.5. The Balaban J connectivity index is 1.91. The van der Waals surface area contributed by atoms with Crippen LogP contribution in [0.5, 0.6) is 0 Å².